The molecule has 2 heterocycles. The summed E-state index contributed by atoms with van der Waals surface area (Å²) in [7, 11) is -5.45. The lowest BCUT2D eigenvalue weighted by Crippen LogP contribution is -2.48. The highest BCUT2D eigenvalue weighted by atomic mass is 16.5. The number of methoxy groups -OCH3 is 2. The Hall–Kier alpha value is -1.26. The van der Waals surface area contributed by atoms with Gasteiger partial charge in [-0.25, -0.2) is 0 Å². The van der Waals surface area contributed by atoms with Gasteiger partial charge in [0.25, 0.3) is 0 Å². The fraction of sp³-hybridized carbons (Fsp3) is 0.684. The van der Waals surface area contributed by atoms with Gasteiger partial charge < -0.3 is 14.6 Å². The number of ether oxygens (including phenoxy) is 2. The molecule has 1 aromatic rings. The molecule has 0 bridgehead atoms. The lowest BCUT2D eigenvalue weighted by Gasteiger charge is -2.46. The largest absolute Gasteiger partial charge is 0.493 e. The molecule has 0 aromatic heterocycles. The van der Waals surface area contributed by atoms with E-state index in [2.05, 4.69) is 18.7 Å². The third kappa shape index (κ3) is 3.20. The van der Waals surface area contributed by atoms with E-state index in [1.54, 1.807) is 12.1 Å². The van der Waals surface area contributed by atoms with Crippen LogP contribution in [0.25, 0.3) is 0 Å². The van der Waals surface area contributed by atoms with Crippen LogP contribution in [0.4, 0.5) is 0 Å². The van der Waals surface area contributed by atoms with Crippen LogP contribution in [-0.4, -0.2) is 43.3 Å². The monoisotopic (exact) mass is 325 g/mol. The second-order valence-electron chi connectivity index (χ2n) is 7.16. The van der Waals surface area contributed by atoms with Crippen LogP contribution >= 0.6 is 0 Å². The fourth-order valence-electron chi connectivity index (χ4n) is 4.10. The molecule has 2 aliphatic heterocycles. The molecule has 3 atom stereocenters. The second kappa shape index (κ2) is 6.70. The summed E-state index contributed by atoms with van der Waals surface area (Å²) in [6.07, 6.45) is 1.77. The van der Waals surface area contributed by atoms with Crippen molar-refractivity contribution in [1.29, 1.82) is 0 Å². The highest BCUT2D eigenvalue weighted by Gasteiger charge is 2.38. The summed E-state index contributed by atoms with van der Waals surface area (Å²) in [5.41, 5.74) is 1.77. The summed E-state index contributed by atoms with van der Waals surface area (Å²) in [5.74, 6) is 0.508. The maximum atomic E-state index is 10.7. The smallest absolute Gasteiger partial charge is 0.161 e. The van der Waals surface area contributed by atoms with Crippen molar-refractivity contribution in [3.63, 3.8) is 0 Å². The molecule has 2 aliphatic rings. The minimum atomic E-state index is -2.73. The van der Waals surface area contributed by atoms with Crippen LogP contribution in [0.15, 0.2) is 12.1 Å². The van der Waals surface area contributed by atoms with E-state index >= 15 is 0 Å². The Kier molecular flexibility index (Phi) is 3.08. The summed E-state index contributed by atoms with van der Waals surface area (Å²) < 4.78 is 54.4. The van der Waals surface area contributed by atoms with Crippen molar-refractivity contribution in [3.8, 4) is 11.5 Å². The van der Waals surface area contributed by atoms with E-state index in [4.69, 9.17) is 17.7 Å². The van der Waals surface area contributed by atoms with Gasteiger partial charge in [0, 0.05) is 19.1 Å². The van der Waals surface area contributed by atoms with E-state index in [1.807, 2.05) is 0 Å². The first-order valence-corrected chi connectivity index (χ1v) is 8.29. The highest BCUT2D eigenvalue weighted by Crippen LogP contribution is 2.43. The zero-order valence-corrected chi connectivity index (χ0v) is 13.7. The zero-order valence-electron chi connectivity index (χ0n) is 19.7. The van der Waals surface area contributed by atoms with Crippen LogP contribution in [0.5, 0.6) is 11.5 Å². The third-order valence-electron chi connectivity index (χ3n) is 5.15. The molecule has 0 aliphatic carbocycles. The average Bonchev–Trinajstić information content (AvgIpc) is 2.53. The molecule has 0 spiro atoms. The number of benzene rings is 1. The predicted molar refractivity (Wildman–Crippen MR) is 91.1 cm³/mol. The van der Waals surface area contributed by atoms with Crippen molar-refractivity contribution in [2.24, 2.45) is 11.8 Å². The molecule has 128 valence electrons. The maximum absolute atomic E-state index is 10.7. The first kappa shape index (κ1) is 10.6. The Morgan fingerprint density at radius 3 is 2.74 bits per heavy atom. The number of rotatable bonds is 4. The number of nitrogens with zero attached hydrogens (tertiary/aromatic N) is 1. The number of hydrogen-bond acceptors (Lipinski definition) is 4. The molecule has 0 unspecified atom stereocenters. The molecular weight excluding hydrogens is 290 g/mol. The zero-order chi connectivity index (χ0) is 21.6. The molecule has 1 fully saturated rings. The van der Waals surface area contributed by atoms with Crippen LogP contribution < -0.4 is 9.47 Å². The van der Waals surface area contributed by atoms with E-state index < -0.39 is 20.2 Å². The van der Waals surface area contributed by atoms with E-state index in [-0.39, 0.29) is 23.5 Å². The number of fused-ring (bicyclic) bond motifs is 3. The van der Waals surface area contributed by atoms with Crippen molar-refractivity contribution in [3.05, 3.63) is 23.3 Å². The molecule has 3 rings (SSSR count). The van der Waals surface area contributed by atoms with Crippen molar-refractivity contribution in [2.45, 2.75) is 45.3 Å². The number of hydrogen-bond donors (Lipinski definition) is 1. The van der Waals surface area contributed by atoms with E-state index in [1.165, 1.54) is 0 Å². The minimum absolute atomic E-state index is 0.0575. The SMILES string of the molecule is [2H]C([2H])([2H])Oc1cc2c(cc1OC([2H])([2H])[2H])[C@@H]1C[C@H](O)[C@H](CC(C)C)CN1CC2. The molecule has 0 amide bonds. The predicted octanol–water partition coefficient (Wildman–Crippen LogP) is 3.03. The molecule has 1 saturated heterocycles. The first-order valence-electron chi connectivity index (χ1n) is 11.3. The summed E-state index contributed by atoms with van der Waals surface area (Å²) in [5, 5.41) is 10.7. The minimum Gasteiger partial charge on any atom is -0.493 e. The number of aliphatic hydroxyl groups excluding tert-OH is 1. The van der Waals surface area contributed by atoms with Gasteiger partial charge >= 0.3 is 0 Å². The lowest BCUT2D eigenvalue weighted by atomic mass is 9.79. The quantitative estimate of drug-likeness (QED) is 0.924. The Bertz CT molecular complexity index is 734. The Balaban J connectivity index is 1.94. The van der Waals surface area contributed by atoms with Gasteiger partial charge in [0.1, 0.15) is 0 Å². The van der Waals surface area contributed by atoms with Crippen LogP contribution in [0.2, 0.25) is 0 Å². The summed E-state index contributed by atoms with van der Waals surface area (Å²) >= 11 is 0. The maximum Gasteiger partial charge on any atom is 0.161 e. The van der Waals surface area contributed by atoms with Crippen molar-refractivity contribution < 1.29 is 22.8 Å². The van der Waals surface area contributed by atoms with Crippen LogP contribution in [-0.2, 0) is 6.42 Å². The molecule has 4 heteroatoms. The van der Waals surface area contributed by atoms with Gasteiger partial charge in [-0.2, -0.15) is 0 Å². The summed E-state index contributed by atoms with van der Waals surface area (Å²) in [4.78, 5) is 2.32. The van der Waals surface area contributed by atoms with Gasteiger partial charge in [0.05, 0.1) is 28.4 Å². The van der Waals surface area contributed by atoms with Gasteiger partial charge in [-0.15, -0.1) is 0 Å². The molecule has 0 saturated carbocycles. The summed E-state index contributed by atoms with van der Waals surface area (Å²) in [6, 6.07) is 3.10. The third-order valence-corrected chi connectivity index (χ3v) is 5.15. The Morgan fingerprint density at radius 2 is 2.04 bits per heavy atom. The van der Waals surface area contributed by atoms with E-state index in [0.29, 0.717) is 18.8 Å². The van der Waals surface area contributed by atoms with Crippen LogP contribution in [0, 0.1) is 11.8 Å². The van der Waals surface area contributed by atoms with E-state index in [9.17, 15) is 5.11 Å². The van der Waals surface area contributed by atoms with E-state index in [0.717, 1.165) is 30.6 Å². The van der Waals surface area contributed by atoms with Crippen molar-refractivity contribution in [2.75, 3.05) is 27.2 Å². The van der Waals surface area contributed by atoms with Crippen LogP contribution in [0.1, 0.15) is 52.1 Å². The van der Waals surface area contributed by atoms with Gasteiger partial charge in [0.15, 0.2) is 11.5 Å². The van der Waals surface area contributed by atoms with Crippen molar-refractivity contribution in [1.82, 2.24) is 4.90 Å². The van der Waals surface area contributed by atoms with Crippen LogP contribution in [0.3, 0.4) is 0 Å². The van der Waals surface area contributed by atoms with Gasteiger partial charge in [-0.1, -0.05) is 13.8 Å². The molecule has 0 radical (unpaired) electrons. The topological polar surface area (TPSA) is 41.9 Å². The normalized spacial score (nSPS) is 32.4. The fourth-order valence-corrected chi connectivity index (χ4v) is 4.10. The molecule has 1 N–H and O–H groups in total. The number of piperidine rings is 1. The van der Waals surface area contributed by atoms with Crippen molar-refractivity contribution >= 4 is 0 Å². The highest BCUT2D eigenvalue weighted by molar-refractivity contribution is 5.49. The van der Waals surface area contributed by atoms with Gasteiger partial charge in [0.2, 0.25) is 0 Å². The number of aliphatic hydroxyl groups is 1. The first-order chi connectivity index (χ1) is 13.3. The molecule has 23 heavy (non-hydrogen) atoms. The average molecular weight is 325 g/mol. The molecule has 1 aromatic carbocycles. The Morgan fingerprint density at radius 1 is 1.30 bits per heavy atom. The standard InChI is InChI=1S/C19H29NO3/c1-12(2)7-14-11-20-6-5-13-8-18(22-3)19(23-4)9-15(13)16(20)10-17(14)21/h8-9,12,14,16-17,21H,5-7,10-11H2,1-4H3/t14-,16+,17+/m1/s1/i3D3,4D3. The summed E-state index contributed by atoms with van der Waals surface area (Å²) in [6.45, 7) is 5.88. The molecular formula is C19H29NO3. The lowest BCUT2D eigenvalue weighted by molar-refractivity contribution is -0.0191. The van der Waals surface area contributed by atoms with Gasteiger partial charge in [-0.3, -0.25) is 4.90 Å². The molecule has 4 nitrogen and oxygen atoms in total. The van der Waals surface area contributed by atoms with Gasteiger partial charge in [-0.05, 0) is 54.4 Å². The second-order valence-corrected chi connectivity index (χ2v) is 7.16. The Labute approximate surface area is 147 Å².